The van der Waals surface area contributed by atoms with Crippen molar-refractivity contribution in [3.63, 3.8) is 0 Å². The molecular weight excluding hydrogens is 296 g/mol. The molecule has 1 aromatic rings. The first-order valence-electron chi connectivity index (χ1n) is 8.64. The number of aliphatic hydroxyl groups is 1. The number of aromatic nitrogens is 1. The van der Waals surface area contributed by atoms with Gasteiger partial charge in [-0.05, 0) is 51.4 Å². The second-order valence-electron chi connectivity index (χ2n) is 7.20. The molecule has 120 valence electrons. The summed E-state index contributed by atoms with van der Waals surface area (Å²) in [5.74, 6) is 0.0950. The fraction of sp³-hybridized carbons (Fsp3) is 0.765. The maximum atomic E-state index is 12.9. The Morgan fingerprint density at radius 2 is 2.05 bits per heavy atom. The molecule has 1 aromatic heterocycles. The standard InChI is InChI=1S/C17H24N2O2S/c20-14-7-3-8-17(14)9-4-10-19(11-17)16(21)15-18-12-5-1-2-6-13(12)22-15/h14,20H,1-11H2/t14-,17-/m1/s1. The summed E-state index contributed by atoms with van der Waals surface area (Å²) in [6.45, 7) is 1.54. The van der Waals surface area contributed by atoms with E-state index in [1.54, 1.807) is 11.3 Å². The van der Waals surface area contributed by atoms with Gasteiger partial charge in [-0.25, -0.2) is 4.98 Å². The first kappa shape index (κ1) is 14.6. The van der Waals surface area contributed by atoms with Crippen LogP contribution in [-0.4, -0.2) is 40.1 Å². The SMILES string of the molecule is O=C(c1nc2c(s1)CCCC2)N1CCC[C@]2(CCC[C@H]2O)C1. The van der Waals surface area contributed by atoms with Crippen LogP contribution in [0.25, 0.3) is 0 Å². The zero-order valence-corrected chi connectivity index (χ0v) is 13.8. The molecular formula is C17H24N2O2S. The van der Waals surface area contributed by atoms with E-state index in [1.807, 2.05) is 4.90 Å². The number of nitrogens with zero attached hydrogens (tertiary/aromatic N) is 2. The zero-order valence-electron chi connectivity index (χ0n) is 13.0. The number of amides is 1. The third-order valence-electron chi connectivity index (χ3n) is 5.78. The third kappa shape index (κ3) is 2.38. The molecule has 4 nitrogen and oxygen atoms in total. The first-order chi connectivity index (χ1) is 10.7. The average molecular weight is 320 g/mol. The van der Waals surface area contributed by atoms with Crippen molar-refractivity contribution in [2.24, 2.45) is 5.41 Å². The third-order valence-corrected chi connectivity index (χ3v) is 6.93. The highest BCUT2D eigenvalue weighted by molar-refractivity contribution is 7.13. The molecule has 22 heavy (non-hydrogen) atoms. The number of aliphatic hydroxyl groups excluding tert-OH is 1. The van der Waals surface area contributed by atoms with Crippen LogP contribution in [0.4, 0.5) is 0 Å². The summed E-state index contributed by atoms with van der Waals surface area (Å²) in [4.78, 5) is 20.8. The van der Waals surface area contributed by atoms with E-state index in [0.717, 1.165) is 63.7 Å². The molecule has 2 heterocycles. The number of hydrogen-bond acceptors (Lipinski definition) is 4. The van der Waals surface area contributed by atoms with E-state index in [-0.39, 0.29) is 17.4 Å². The van der Waals surface area contributed by atoms with Crippen LogP contribution in [0, 0.1) is 5.41 Å². The molecule has 0 aromatic carbocycles. The van der Waals surface area contributed by atoms with E-state index in [9.17, 15) is 9.90 Å². The normalized spacial score (nSPS) is 31.5. The van der Waals surface area contributed by atoms with Crippen molar-refractivity contribution in [3.8, 4) is 0 Å². The van der Waals surface area contributed by atoms with Crippen LogP contribution in [0.1, 0.15) is 65.3 Å². The van der Waals surface area contributed by atoms with Crippen LogP contribution in [0.15, 0.2) is 0 Å². The van der Waals surface area contributed by atoms with Gasteiger partial charge < -0.3 is 10.0 Å². The van der Waals surface area contributed by atoms with Gasteiger partial charge in [-0.3, -0.25) is 4.79 Å². The van der Waals surface area contributed by atoms with Gasteiger partial charge in [-0.15, -0.1) is 11.3 Å². The maximum Gasteiger partial charge on any atom is 0.282 e. The fourth-order valence-electron chi connectivity index (χ4n) is 4.51. The van der Waals surface area contributed by atoms with Gasteiger partial charge in [0.05, 0.1) is 11.8 Å². The van der Waals surface area contributed by atoms with E-state index in [0.29, 0.717) is 5.01 Å². The highest BCUT2D eigenvalue weighted by atomic mass is 32.1. The van der Waals surface area contributed by atoms with Gasteiger partial charge in [0, 0.05) is 23.4 Å². The molecule has 1 spiro atoms. The van der Waals surface area contributed by atoms with E-state index in [2.05, 4.69) is 4.98 Å². The van der Waals surface area contributed by atoms with Gasteiger partial charge in [0.1, 0.15) is 0 Å². The lowest BCUT2D eigenvalue weighted by molar-refractivity contribution is -0.00537. The van der Waals surface area contributed by atoms with Crippen molar-refractivity contribution in [3.05, 3.63) is 15.6 Å². The lowest BCUT2D eigenvalue weighted by Gasteiger charge is -2.42. The minimum absolute atomic E-state index is 0.0369. The molecule has 2 fully saturated rings. The Labute approximate surface area is 135 Å². The Kier molecular flexibility index (Phi) is 3.73. The fourth-order valence-corrected chi connectivity index (χ4v) is 5.63. The number of fused-ring (bicyclic) bond motifs is 1. The number of carbonyl (C=O) groups is 1. The highest BCUT2D eigenvalue weighted by Gasteiger charge is 2.46. The van der Waals surface area contributed by atoms with E-state index < -0.39 is 0 Å². The minimum Gasteiger partial charge on any atom is -0.392 e. The number of aryl methyl sites for hydroxylation is 2. The van der Waals surface area contributed by atoms with Gasteiger partial charge in [0.2, 0.25) is 0 Å². The van der Waals surface area contributed by atoms with Gasteiger partial charge in [-0.2, -0.15) is 0 Å². The van der Waals surface area contributed by atoms with Crippen LogP contribution in [0.3, 0.4) is 0 Å². The molecule has 0 bridgehead atoms. The Morgan fingerprint density at radius 1 is 1.23 bits per heavy atom. The Hall–Kier alpha value is -0.940. The topological polar surface area (TPSA) is 53.4 Å². The summed E-state index contributed by atoms with van der Waals surface area (Å²) in [7, 11) is 0. The summed E-state index contributed by atoms with van der Waals surface area (Å²) in [6, 6.07) is 0. The van der Waals surface area contributed by atoms with Gasteiger partial charge in [0.25, 0.3) is 5.91 Å². The number of rotatable bonds is 1. The van der Waals surface area contributed by atoms with Crippen molar-refractivity contribution >= 4 is 17.2 Å². The predicted molar refractivity (Wildman–Crippen MR) is 86.2 cm³/mol. The van der Waals surface area contributed by atoms with E-state index in [1.165, 1.54) is 17.7 Å². The van der Waals surface area contributed by atoms with Crippen molar-refractivity contribution in [2.75, 3.05) is 13.1 Å². The van der Waals surface area contributed by atoms with Gasteiger partial charge >= 0.3 is 0 Å². The van der Waals surface area contributed by atoms with Crippen molar-refractivity contribution in [1.29, 1.82) is 0 Å². The summed E-state index contributed by atoms with van der Waals surface area (Å²) in [5, 5.41) is 11.0. The van der Waals surface area contributed by atoms with Crippen molar-refractivity contribution < 1.29 is 9.90 Å². The van der Waals surface area contributed by atoms with Crippen LogP contribution in [0.5, 0.6) is 0 Å². The summed E-state index contributed by atoms with van der Waals surface area (Å²) < 4.78 is 0. The van der Waals surface area contributed by atoms with Crippen molar-refractivity contribution in [2.45, 2.75) is 63.9 Å². The lowest BCUT2D eigenvalue weighted by atomic mass is 9.76. The van der Waals surface area contributed by atoms with Gasteiger partial charge in [-0.1, -0.05) is 6.42 Å². The molecule has 1 aliphatic heterocycles. The summed E-state index contributed by atoms with van der Waals surface area (Å²) >= 11 is 1.60. The number of likely N-dealkylation sites (tertiary alicyclic amines) is 1. The Bertz CT molecular complexity index is 562. The molecule has 2 atom stereocenters. The lowest BCUT2D eigenvalue weighted by Crippen LogP contribution is -2.49. The average Bonchev–Trinajstić information content (AvgIpc) is 3.11. The second kappa shape index (κ2) is 5.60. The number of hydrogen-bond donors (Lipinski definition) is 1. The summed E-state index contributed by atoms with van der Waals surface area (Å²) in [5.41, 5.74) is 1.12. The smallest absolute Gasteiger partial charge is 0.282 e. The Balaban J connectivity index is 1.53. The molecule has 1 saturated heterocycles. The monoisotopic (exact) mass is 320 g/mol. The molecule has 1 amide bonds. The van der Waals surface area contributed by atoms with Crippen LogP contribution < -0.4 is 0 Å². The Morgan fingerprint density at radius 3 is 2.82 bits per heavy atom. The predicted octanol–water partition coefficient (Wildman–Crippen LogP) is 2.79. The van der Waals surface area contributed by atoms with Crippen molar-refractivity contribution in [1.82, 2.24) is 9.88 Å². The second-order valence-corrected chi connectivity index (χ2v) is 8.28. The molecule has 4 rings (SSSR count). The number of carbonyl (C=O) groups excluding carboxylic acids is 1. The largest absolute Gasteiger partial charge is 0.392 e. The molecule has 5 heteroatoms. The molecule has 1 saturated carbocycles. The first-order valence-corrected chi connectivity index (χ1v) is 9.46. The molecule has 3 aliphatic rings. The summed E-state index contributed by atoms with van der Waals surface area (Å²) in [6.07, 6.45) is 9.43. The maximum absolute atomic E-state index is 12.9. The van der Waals surface area contributed by atoms with Crippen LogP contribution in [-0.2, 0) is 12.8 Å². The van der Waals surface area contributed by atoms with Gasteiger partial charge in [0.15, 0.2) is 5.01 Å². The molecule has 0 radical (unpaired) electrons. The van der Waals surface area contributed by atoms with Crippen LogP contribution >= 0.6 is 11.3 Å². The number of thiazole rings is 1. The number of piperidine rings is 1. The molecule has 1 N–H and O–H groups in total. The molecule has 2 aliphatic carbocycles. The van der Waals surface area contributed by atoms with E-state index in [4.69, 9.17) is 0 Å². The van der Waals surface area contributed by atoms with Crippen LogP contribution in [0.2, 0.25) is 0 Å². The highest BCUT2D eigenvalue weighted by Crippen LogP contribution is 2.45. The quantitative estimate of drug-likeness (QED) is 0.865. The molecule has 0 unspecified atom stereocenters. The zero-order chi connectivity index (χ0) is 15.2. The van der Waals surface area contributed by atoms with E-state index >= 15 is 0 Å². The minimum atomic E-state index is -0.229.